The van der Waals surface area contributed by atoms with E-state index in [-0.39, 0.29) is 18.5 Å². The molecular formula is C18H20N4OS2. The number of rotatable bonds is 7. The summed E-state index contributed by atoms with van der Waals surface area (Å²) >= 11 is 6.83. The van der Waals surface area contributed by atoms with Crippen LogP contribution in [0, 0.1) is 4.77 Å². The highest BCUT2D eigenvalue weighted by Crippen LogP contribution is 2.22. The van der Waals surface area contributed by atoms with Gasteiger partial charge < -0.3 is 5.32 Å². The summed E-state index contributed by atoms with van der Waals surface area (Å²) in [4.78, 5) is 13.4. The van der Waals surface area contributed by atoms with E-state index in [9.17, 15) is 4.79 Å². The van der Waals surface area contributed by atoms with Crippen molar-refractivity contribution in [2.45, 2.75) is 32.4 Å². The molecule has 2 N–H and O–H groups in total. The molecule has 0 radical (unpaired) electrons. The summed E-state index contributed by atoms with van der Waals surface area (Å²) in [7, 11) is 0. The van der Waals surface area contributed by atoms with Gasteiger partial charge in [-0.3, -0.25) is 14.5 Å². The molecule has 7 heteroatoms. The first-order valence-corrected chi connectivity index (χ1v) is 9.44. The monoisotopic (exact) mass is 372 g/mol. The quantitative estimate of drug-likeness (QED) is 0.620. The van der Waals surface area contributed by atoms with Gasteiger partial charge in [-0.05, 0) is 49.0 Å². The fourth-order valence-corrected chi connectivity index (χ4v) is 3.54. The summed E-state index contributed by atoms with van der Waals surface area (Å²) in [5.74, 6) is 0.642. The summed E-state index contributed by atoms with van der Waals surface area (Å²) in [6.07, 6.45) is 1.83. The van der Waals surface area contributed by atoms with Crippen molar-refractivity contribution in [3.05, 3.63) is 58.2 Å². The lowest BCUT2D eigenvalue weighted by Gasteiger charge is -2.14. The Bertz CT molecular complexity index is 868. The Balaban J connectivity index is 1.58. The molecule has 0 aliphatic rings. The molecule has 2 aromatic heterocycles. The van der Waals surface area contributed by atoms with Crippen LogP contribution in [-0.2, 0) is 17.8 Å². The number of aromatic nitrogens is 3. The van der Waals surface area contributed by atoms with E-state index >= 15 is 0 Å². The molecule has 1 amide bonds. The van der Waals surface area contributed by atoms with Crippen LogP contribution in [-0.4, -0.2) is 26.7 Å². The minimum absolute atomic E-state index is 0.0594. The lowest BCUT2D eigenvalue weighted by atomic mass is 10.1. The van der Waals surface area contributed by atoms with E-state index in [1.165, 1.54) is 5.56 Å². The molecule has 0 aliphatic carbocycles. The third-order valence-corrected chi connectivity index (χ3v) is 5.10. The van der Waals surface area contributed by atoms with E-state index in [1.807, 2.05) is 42.6 Å². The van der Waals surface area contributed by atoms with Crippen molar-refractivity contribution in [2.24, 2.45) is 0 Å². The van der Waals surface area contributed by atoms with Gasteiger partial charge in [-0.25, -0.2) is 0 Å². The predicted molar refractivity (Wildman–Crippen MR) is 103 cm³/mol. The van der Waals surface area contributed by atoms with Crippen LogP contribution in [0.25, 0.3) is 10.7 Å². The fourth-order valence-electron chi connectivity index (χ4n) is 2.62. The zero-order valence-corrected chi connectivity index (χ0v) is 15.6. The number of carbonyl (C=O) groups excluding carboxylic acids is 1. The zero-order chi connectivity index (χ0) is 17.6. The number of nitrogens with one attached hydrogen (secondary N) is 2. The minimum atomic E-state index is -0.0594. The van der Waals surface area contributed by atoms with Crippen molar-refractivity contribution in [1.82, 2.24) is 20.1 Å². The lowest BCUT2D eigenvalue weighted by Crippen LogP contribution is -2.35. The molecule has 0 spiro atoms. The number of benzene rings is 1. The van der Waals surface area contributed by atoms with Gasteiger partial charge in [-0.2, -0.15) is 5.10 Å². The van der Waals surface area contributed by atoms with Crippen molar-refractivity contribution >= 4 is 29.5 Å². The maximum absolute atomic E-state index is 12.4. The second kappa shape index (κ2) is 8.22. The van der Waals surface area contributed by atoms with Crippen LogP contribution in [0.2, 0.25) is 0 Å². The third-order valence-electron chi connectivity index (χ3n) is 3.92. The number of nitrogens with zero attached hydrogens (tertiary/aromatic N) is 2. The Kier molecular flexibility index (Phi) is 5.78. The van der Waals surface area contributed by atoms with Crippen LogP contribution in [0.15, 0.2) is 47.8 Å². The number of aromatic amines is 1. The highest BCUT2D eigenvalue weighted by atomic mass is 32.1. The van der Waals surface area contributed by atoms with E-state index in [2.05, 4.69) is 27.6 Å². The number of thiophene rings is 1. The Morgan fingerprint density at radius 2 is 2.12 bits per heavy atom. The summed E-state index contributed by atoms with van der Waals surface area (Å²) in [5.41, 5.74) is 1.28. The number of hydrogen-bond donors (Lipinski definition) is 2. The standard InChI is InChI=1S/C18H20N4OS2/c1-13(9-10-14-6-3-2-4-7-14)19-16(23)12-22-17(20-21-18(22)24)15-8-5-11-25-15/h2-8,11,13H,9-10,12H2,1H3,(H,19,23)(H,21,24). The van der Waals surface area contributed by atoms with Crippen molar-refractivity contribution < 1.29 is 4.79 Å². The first-order chi connectivity index (χ1) is 12.1. The van der Waals surface area contributed by atoms with Crippen molar-refractivity contribution in [3.63, 3.8) is 0 Å². The number of carbonyl (C=O) groups is 1. The maximum atomic E-state index is 12.4. The van der Waals surface area contributed by atoms with E-state index < -0.39 is 0 Å². The van der Waals surface area contributed by atoms with E-state index in [0.29, 0.717) is 10.6 Å². The maximum Gasteiger partial charge on any atom is 0.240 e. The summed E-state index contributed by atoms with van der Waals surface area (Å²) < 4.78 is 2.19. The van der Waals surface area contributed by atoms with Crippen molar-refractivity contribution in [3.8, 4) is 10.7 Å². The van der Waals surface area contributed by atoms with Gasteiger partial charge in [-0.15, -0.1) is 11.3 Å². The minimum Gasteiger partial charge on any atom is -0.352 e. The molecule has 2 heterocycles. The van der Waals surface area contributed by atoms with Crippen LogP contribution >= 0.6 is 23.6 Å². The Hall–Kier alpha value is -2.25. The van der Waals surface area contributed by atoms with Crippen LogP contribution in [0.3, 0.4) is 0 Å². The lowest BCUT2D eigenvalue weighted by molar-refractivity contribution is -0.122. The number of aryl methyl sites for hydroxylation is 1. The van der Waals surface area contributed by atoms with Gasteiger partial charge in [0.15, 0.2) is 10.6 Å². The van der Waals surface area contributed by atoms with Gasteiger partial charge in [0.2, 0.25) is 5.91 Å². The highest BCUT2D eigenvalue weighted by molar-refractivity contribution is 7.71. The van der Waals surface area contributed by atoms with Crippen molar-refractivity contribution in [2.75, 3.05) is 0 Å². The molecule has 1 unspecified atom stereocenters. The van der Waals surface area contributed by atoms with Crippen LogP contribution in [0.1, 0.15) is 18.9 Å². The smallest absolute Gasteiger partial charge is 0.240 e. The average Bonchev–Trinajstić information content (AvgIpc) is 3.25. The van der Waals surface area contributed by atoms with Crippen molar-refractivity contribution in [1.29, 1.82) is 0 Å². The molecule has 0 saturated carbocycles. The predicted octanol–water partition coefficient (Wildman–Crippen LogP) is 3.81. The molecular weight excluding hydrogens is 352 g/mol. The third kappa shape index (κ3) is 4.64. The summed E-state index contributed by atoms with van der Waals surface area (Å²) in [5, 5.41) is 12.0. The normalized spacial score (nSPS) is 12.0. The molecule has 130 valence electrons. The van der Waals surface area contributed by atoms with E-state index in [4.69, 9.17) is 12.2 Å². The second-order valence-electron chi connectivity index (χ2n) is 5.91. The van der Waals surface area contributed by atoms with Gasteiger partial charge in [-0.1, -0.05) is 36.4 Å². The number of amides is 1. The summed E-state index contributed by atoms with van der Waals surface area (Å²) in [6.45, 7) is 2.19. The second-order valence-corrected chi connectivity index (χ2v) is 7.24. The molecule has 1 atom stereocenters. The summed E-state index contributed by atoms with van der Waals surface area (Å²) in [6, 6.07) is 14.3. The molecule has 25 heavy (non-hydrogen) atoms. The van der Waals surface area contributed by atoms with Gasteiger partial charge in [0.05, 0.1) is 4.88 Å². The Morgan fingerprint density at radius 1 is 1.32 bits per heavy atom. The van der Waals surface area contributed by atoms with E-state index in [1.54, 1.807) is 15.9 Å². The highest BCUT2D eigenvalue weighted by Gasteiger charge is 2.14. The fraction of sp³-hybridized carbons (Fsp3) is 0.278. The molecule has 0 bridgehead atoms. The topological polar surface area (TPSA) is 62.7 Å². The van der Waals surface area contributed by atoms with Gasteiger partial charge in [0.1, 0.15) is 6.54 Å². The SMILES string of the molecule is CC(CCc1ccccc1)NC(=O)Cn1c(-c2cccs2)n[nH]c1=S. The molecule has 1 aromatic carbocycles. The Morgan fingerprint density at radius 3 is 2.84 bits per heavy atom. The molecule has 0 aliphatic heterocycles. The molecule has 5 nitrogen and oxygen atoms in total. The Labute approximate surface area is 155 Å². The first kappa shape index (κ1) is 17.6. The molecule has 0 fully saturated rings. The number of hydrogen-bond acceptors (Lipinski definition) is 4. The molecule has 3 aromatic rings. The van der Waals surface area contributed by atoms with Crippen LogP contribution in [0.4, 0.5) is 0 Å². The van der Waals surface area contributed by atoms with Crippen LogP contribution < -0.4 is 5.32 Å². The molecule has 3 rings (SSSR count). The first-order valence-electron chi connectivity index (χ1n) is 8.16. The van der Waals surface area contributed by atoms with Gasteiger partial charge in [0.25, 0.3) is 0 Å². The largest absolute Gasteiger partial charge is 0.352 e. The van der Waals surface area contributed by atoms with E-state index in [0.717, 1.165) is 17.7 Å². The number of H-pyrrole nitrogens is 1. The molecule has 0 saturated heterocycles. The average molecular weight is 373 g/mol. The van der Waals surface area contributed by atoms with Gasteiger partial charge >= 0.3 is 0 Å². The zero-order valence-electron chi connectivity index (χ0n) is 13.9. The van der Waals surface area contributed by atoms with Crippen LogP contribution in [0.5, 0.6) is 0 Å². The van der Waals surface area contributed by atoms with Gasteiger partial charge in [0, 0.05) is 6.04 Å².